The number of rotatable bonds is 7. The SMILES string of the molecule is COc1ccc(C(NC(=O)CNC(=O)c2ccc3ccccc3c2)c2ccccc2)cc1. The highest BCUT2D eigenvalue weighted by Crippen LogP contribution is 2.24. The summed E-state index contributed by atoms with van der Waals surface area (Å²) in [6.45, 7) is -0.120. The van der Waals surface area contributed by atoms with Gasteiger partial charge in [0.25, 0.3) is 5.91 Å². The van der Waals surface area contributed by atoms with E-state index in [9.17, 15) is 9.59 Å². The van der Waals surface area contributed by atoms with Crippen molar-refractivity contribution in [3.63, 3.8) is 0 Å². The molecule has 2 amide bonds. The molecule has 4 rings (SSSR count). The van der Waals surface area contributed by atoms with Crippen LogP contribution in [-0.4, -0.2) is 25.5 Å². The predicted octanol–water partition coefficient (Wildman–Crippen LogP) is 4.48. The van der Waals surface area contributed by atoms with Crippen molar-refractivity contribution in [2.75, 3.05) is 13.7 Å². The average Bonchev–Trinajstić information content (AvgIpc) is 2.86. The Morgan fingerprint density at radius 2 is 1.44 bits per heavy atom. The summed E-state index contributed by atoms with van der Waals surface area (Å²) < 4.78 is 5.23. The molecule has 2 N–H and O–H groups in total. The lowest BCUT2D eigenvalue weighted by Crippen LogP contribution is -2.39. The van der Waals surface area contributed by atoms with Gasteiger partial charge in [-0.3, -0.25) is 9.59 Å². The van der Waals surface area contributed by atoms with Crippen molar-refractivity contribution in [2.45, 2.75) is 6.04 Å². The van der Waals surface area contributed by atoms with Crippen LogP contribution in [0.4, 0.5) is 0 Å². The van der Waals surface area contributed by atoms with Crippen LogP contribution in [0.15, 0.2) is 97.1 Å². The third-order valence-electron chi connectivity index (χ3n) is 5.31. The van der Waals surface area contributed by atoms with Crippen LogP contribution in [-0.2, 0) is 4.79 Å². The van der Waals surface area contributed by atoms with Gasteiger partial charge in [0.15, 0.2) is 0 Å². The highest BCUT2D eigenvalue weighted by atomic mass is 16.5. The molecule has 0 saturated heterocycles. The molecule has 32 heavy (non-hydrogen) atoms. The van der Waals surface area contributed by atoms with Crippen LogP contribution in [0.3, 0.4) is 0 Å². The number of carbonyl (C=O) groups is 2. The molecular weight excluding hydrogens is 400 g/mol. The highest BCUT2D eigenvalue weighted by Gasteiger charge is 2.17. The molecule has 0 aliphatic rings. The maximum absolute atomic E-state index is 12.7. The lowest BCUT2D eigenvalue weighted by Gasteiger charge is -2.20. The first-order valence-corrected chi connectivity index (χ1v) is 10.4. The van der Waals surface area contributed by atoms with E-state index in [-0.39, 0.29) is 24.4 Å². The lowest BCUT2D eigenvalue weighted by molar-refractivity contribution is -0.120. The molecule has 0 spiro atoms. The summed E-state index contributed by atoms with van der Waals surface area (Å²) in [5, 5.41) is 7.79. The van der Waals surface area contributed by atoms with Gasteiger partial charge < -0.3 is 15.4 Å². The van der Waals surface area contributed by atoms with Gasteiger partial charge in [-0.2, -0.15) is 0 Å². The van der Waals surface area contributed by atoms with Crippen molar-refractivity contribution in [3.05, 3.63) is 114 Å². The summed E-state index contributed by atoms with van der Waals surface area (Å²) in [6, 6.07) is 30.3. The zero-order valence-electron chi connectivity index (χ0n) is 17.7. The fourth-order valence-electron chi connectivity index (χ4n) is 3.61. The van der Waals surface area contributed by atoms with E-state index >= 15 is 0 Å². The van der Waals surface area contributed by atoms with E-state index in [1.165, 1.54) is 0 Å². The lowest BCUT2D eigenvalue weighted by atomic mass is 9.98. The molecule has 0 heterocycles. The molecule has 1 atom stereocenters. The van der Waals surface area contributed by atoms with Crippen molar-refractivity contribution in [1.29, 1.82) is 0 Å². The summed E-state index contributed by atoms with van der Waals surface area (Å²) in [4.78, 5) is 25.3. The normalized spacial score (nSPS) is 11.5. The van der Waals surface area contributed by atoms with Crippen LogP contribution < -0.4 is 15.4 Å². The highest BCUT2D eigenvalue weighted by molar-refractivity contribution is 6.00. The molecule has 0 fully saturated rings. The number of ether oxygens (including phenoxy) is 1. The molecule has 4 aromatic carbocycles. The maximum Gasteiger partial charge on any atom is 0.251 e. The molecule has 5 nitrogen and oxygen atoms in total. The van der Waals surface area contributed by atoms with E-state index in [0.29, 0.717) is 5.56 Å². The van der Waals surface area contributed by atoms with Gasteiger partial charge in [0, 0.05) is 5.56 Å². The van der Waals surface area contributed by atoms with Crippen LogP contribution in [0.5, 0.6) is 5.75 Å². The maximum atomic E-state index is 12.7. The van der Waals surface area contributed by atoms with Gasteiger partial charge in [0.2, 0.25) is 5.91 Å². The molecule has 0 radical (unpaired) electrons. The minimum atomic E-state index is -0.341. The van der Waals surface area contributed by atoms with E-state index < -0.39 is 0 Å². The van der Waals surface area contributed by atoms with Crippen molar-refractivity contribution in [1.82, 2.24) is 10.6 Å². The summed E-state index contributed by atoms with van der Waals surface area (Å²) in [5.74, 6) is 0.185. The van der Waals surface area contributed by atoms with Gasteiger partial charge >= 0.3 is 0 Å². The molecule has 0 aliphatic heterocycles. The van der Waals surface area contributed by atoms with Crippen LogP contribution in [0, 0.1) is 0 Å². The molecule has 0 aliphatic carbocycles. The van der Waals surface area contributed by atoms with E-state index in [4.69, 9.17) is 4.74 Å². The molecule has 0 bridgehead atoms. The van der Waals surface area contributed by atoms with Crippen molar-refractivity contribution < 1.29 is 14.3 Å². The second-order valence-electron chi connectivity index (χ2n) is 7.43. The molecule has 160 valence electrons. The summed E-state index contributed by atoms with van der Waals surface area (Å²) in [6.07, 6.45) is 0. The predicted molar refractivity (Wildman–Crippen MR) is 126 cm³/mol. The zero-order chi connectivity index (χ0) is 22.3. The van der Waals surface area contributed by atoms with Crippen molar-refractivity contribution in [2.24, 2.45) is 0 Å². The van der Waals surface area contributed by atoms with Crippen LogP contribution in [0.1, 0.15) is 27.5 Å². The average molecular weight is 425 g/mol. The Labute approximate surface area is 187 Å². The van der Waals surface area contributed by atoms with Gasteiger partial charge in [-0.25, -0.2) is 0 Å². The molecule has 0 saturated carbocycles. The van der Waals surface area contributed by atoms with Crippen molar-refractivity contribution >= 4 is 22.6 Å². The second-order valence-corrected chi connectivity index (χ2v) is 7.43. The number of hydrogen-bond donors (Lipinski definition) is 2. The van der Waals surface area contributed by atoms with Crippen LogP contribution in [0.25, 0.3) is 10.8 Å². The van der Waals surface area contributed by atoms with E-state index in [1.54, 1.807) is 13.2 Å². The van der Waals surface area contributed by atoms with E-state index in [0.717, 1.165) is 27.6 Å². The monoisotopic (exact) mass is 424 g/mol. The van der Waals surface area contributed by atoms with Gasteiger partial charge in [-0.05, 0) is 46.2 Å². The summed E-state index contributed by atoms with van der Waals surface area (Å²) in [7, 11) is 1.61. The summed E-state index contributed by atoms with van der Waals surface area (Å²) in [5.41, 5.74) is 2.39. The standard InChI is InChI=1S/C27H24N2O3/c1-32-24-15-13-21(14-16-24)26(20-8-3-2-4-9-20)29-25(30)18-28-27(31)23-12-11-19-7-5-6-10-22(19)17-23/h2-17,26H,18H2,1H3,(H,28,31)(H,29,30). The largest absolute Gasteiger partial charge is 0.497 e. The fraction of sp³-hybridized carbons (Fsp3) is 0.111. The Balaban J connectivity index is 1.45. The third-order valence-corrected chi connectivity index (χ3v) is 5.31. The number of methoxy groups -OCH3 is 1. The van der Waals surface area contributed by atoms with Gasteiger partial charge in [-0.15, -0.1) is 0 Å². The van der Waals surface area contributed by atoms with Crippen molar-refractivity contribution in [3.8, 4) is 5.75 Å². The minimum Gasteiger partial charge on any atom is -0.497 e. The number of nitrogens with one attached hydrogen (secondary N) is 2. The first-order chi connectivity index (χ1) is 15.6. The fourth-order valence-corrected chi connectivity index (χ4v) is 3.61. The first kappa shape index (κ1) is 21.1. The zero-order valence-corrected chi connectivity index (χ0v) is 17.7. The Morgan fingerprint density at radius 1 is 0.781 bits per heavy atom. The number of benzene rings is 4. The van der Waals surface area contributed by atoms with E-state index in [1.807, 2.05) is 91.0 Å². The van der Waals surface area contributed by atoms with Gasteiger partial charge in [0.05, 0.1) is 19.7 Å². The Morgan fingerprint density at radius 3 is 2.16 bits per heavy atom. The number of amides is 2. The second kappa shape index (κ2) is 9.79. The van der Waals surface area contributed by atoms with Gasteiger partial charge in [-0.1, -0.05) is 72.8 Å². The minimum absolute atomic E-state index is 0.120. The Kier molecular flexibility index (Phi) is 6.46. The Bertz CT molecular complexity index is 1220. The van der Waals surface area contributed by atoms with Crippen LogP contribution in [0.2, 0.25) is 0 Å². The molecule has 0 aromatic heterocycles. The number of hydrogen-bond acceptors (Lipinski definition) is 3. The number of fused-ring (bicyclic) bond motifs is 1. The smallest absolute Gasteiger partial charge is 0.251 e. The summed E-state index contributed by atoms with van der Waals surface area (Å²) >= 11 is 0. The Hall–Kier alpha value is -4.12. The van der Waals surface area contributed by atoms with Gasteiger partial charge in [0.1, 0.15) is 5.75 Å². The quantitative estimate of drug-likeness (QED) is 0.460. The topological polar surface area (TPSA) is 67.4 Å². The number of carbonyl (C=O) groups excluding carboxylic acids is 2. The molecule has 1 unspecified atom stereocenters. The first-order valence-electron chi connectivity index (χ1n) is 10.4. The third kappa shape index (κ3) is 4.95. The molecule has 4 aromatic rings. The molecular formula is C27H24N2O3. The van der Waals surface area contributed by atoms with Crippen LogP contribution >= 0.6 is 0 Å². The molecule has 5 heteroatoms. The van der Waals surface area contributed by atoms with E-state index in [2.05, 4.69) is 10.6 Å².